The highest BCUT2D eigenvalue weighted by Gasteiger charge is 2.06. The number of thiophene rings is 1. The summed E-state index contributed by atoms with van der Waals surface area (Å²) in [7, 11) is 0. The van der Waals surface area contributed by atoms with E-state index in [-0.39, 0.29) is 0 Å². The molecule has 2 aromatic rings. The molecule has 2 rings (SSSR count). The van der Waals surface area contributed by atoms with Crippen LogP contribution in [0.15, 0.2) is 35.7 Å². The van der Waals surface area contributed by atoms with Crippen molar-refractivity contribution in [1.29, 1.82) is 0 Å². The molecule has 1 aromatic carbocycles. The maximum absolute atomic E-state index is 5.98. The van der Waals surface area contributed by atoms with Gasteiger partial charge in [-0.05, 0) is 30.5 Å². The molecule has 0 aliphatic rings. The number of hydrogen-bond acceptors (Lipinski definition) is 4. The van der Waals surface area contributed by atoms with Gasteiger partial charge in [0, 0.05) is 11.3 Å². The Morgan fingerprint density at radius 3 is 2.56 bits per heavy atom. The Morgan fingerprint density at radius 2 is 1.89 bits per heavy atom. The largest absolute Gasteiger partial charge is 0.492 e. The van der Waals surface area contributed by atoms with E-state index >= 15 is 0 Å². The van der Waals surface area contributed by atoms with E-state index in [4.69, 9.17) is 15.2 Å². The molecule has 0 radical (unpaired) electrons. The fourth-order valence-corrected chi connectivity index (χ4v) is 2.34. The Kier molecular flexibility index (Phi) is 4.47. The highest BCUT2D eigenvalue weighted by Crippen LogP contribution is 2.31. The van der Waals surface area contributed by atoms with Gasteiger partial charge in [-0.25, -0.2) is 0 Å². The maximum Gasteiger partial charge on any atom is 0.146 e. The molecule has 18 heavy (non-hydrogen) atoms. The lowest BCUT2D eigenvalue weighted by Gasteiger charge is -2.12. The summed E-state index contributed by atoms with van der Waals surface area (Å²) >= 11 is 1.74. The molecule has 96 valence electrons. The summed E-state index contributed by atoms with van der Waals surface area (Å²) in [5.74, 6) is 1.38. The number of nitrogens with two attached hydrogens (primary N) is 1. The van der Waals surface area contributed by atoms with Gasteiger partial charge >= 0.3 is 0 Å². The molecule has 0 aliphatic carbocycles. The third-order valence-corrected chi connectivity index (χ3v) is 3.45. The average molecular weight is 263 g/mol. The van der Waals surface area contributed by atoms with E-state index in [2.05, 4.69) is 11.4 Å². The van der Waals surface area contributed by atoms with Gasteiger partial charge in [0.25, 0.3) is 0 Å². The molecule has 0 saturated heterocycles. The second-order valence-electron chi connectivity index (χ2n) is 3.78. The quantitative estimate of drug-likeness (QED) is 0.813. The Hall–Kier alpha value is -1.68. The first kappa shape index (κ1) is 12.8. The highest BCUT2D eigenvalue weighted by atomic mass is 32.1. The summed E-state index contributed by atoms with van der Waals surface area (Å²) in [6, 6.07) is 9.76. The topological polar surface area (TPSA) is 44.5 Å². The Balaban J connectivity index is 1.94. The molecule has 0 bridgehead atoms. The zero-order chi connectivity index (χ0) is 12.8. The fourth-order valence-electron chi connectivity index (χ4n) is 1.65. The van der Waals surface area contributed by atoms with Gasteiger partial charge in [-0.1, -0.05) is 12.1 Å². The van der Waals surface area contributed by atoms with Crippen molar-refractivity contribution in [2.45, 2.75) is 13.3 Å². The summed E-state index contributed by atoms with van der Waals surface area (Å²) in [5.41, 5.74) is 6.56. The van der Waals surface area contributed by atoms with E-state index < -0.39 is 0 Å². The van der Waals surface area contributed by atoms with Crippen molar-refractivity contribution >= 4 is 17.0 Å². The van der Waals surface area contributed by atoms with Crippen LogP contribution in [0.3, 0.4) is 0 Å². The van der Waals surface area contributed by atoms with Crippen LogP contribution in [-0.4, -0.2) is 13.2 Å². The van der Waals surface area contributed by atoms with Gasteiger partial charge in [0.1, 0.15) is 17.2 Å². The Labute approximate surface area is 111 Å². The molecule has 1 heterocycles. The predicted octanol–water partition coefficient (Wildman–Crippen LogP) is 3.35. The molecule has 2 N–H and O–H groups in total. The molecule has 3 nitrogen and oxygen atoms in total. The van der Waals surface area contributed by atoms with Crippen molar-refractivity contribution in [1.82, 2.24) is 0 Å². The van der Waals surface area contributed by atoms with Crippen LogP contribution in [0.25, 0.3) is 0 Å². The monoisotopic (exact) mass is 263 g/mol. The van der Waals surface area contributed by atoms with Crippen molar-refractivity contribution in [3.8, 4) is 11.5 Å². The molecular weight excluding hydrogens is 246 g/mol. The van der Waals surface area contributed by atoms with Crippen molar-refractivity contribution in [2.75, 3.05) is 18.9 Å². The van der Waals surface area contributed by atoms with Crippen LogP contribution in [0.2, 0.25) is 0 Å². The van der Waals surface area contributed by atoms with Crippen LogP contribution in [-0.2, 0) is 6.42 Å². The van der Waals surface area contributed by atoms with Gasteiger partial charge in [0.2, 0.25) is 0 Å². The van der Waals surface area contributed by atoms with E-state index in [1.54, 1.807) is 11.3 Å². The normalized spacial score (nSPS) is 10.3. The van der Waals surface area contributed by atoms with Gasteiger partial charge in [0.05, 0.1) is 13.2 Å². The molecule has 0 fully saturated rings. The van der Waals surface area contributed by atoms with Crippen molar-refractivity contribution in [3.05, 3.63) is 40.6 Å². The molecule has 0 spiro atoms. The van der Waals surface area contributed by atoms with Crippen molar-refractivity contribution in [2.24, 2.45) is 0 Å². The summed E-state index contributed by atoms with van der Waals surface area (Å²) < 4.78 is 11.1. The molecule has 0 saturated carbocycles. The van der Waals surface area contributed by atoms with Crippen LogP contribution in [0.1, 0.15) is 11.8 Å². The number of anilines is 1. The molecule has 0 unspecified atom stereocenters. The summed E-state index contributed by atoms with van der Waals surface area (Å²) in [4.78, 5) is 1.31. The number of hydrogen-bond donors (Lipinski definition) is 1. The number of ether oxygens (including phenoxy) is 2. The fraction of sp³-hybridized carbons (Fsp3) is 0.286. The van der Waals surface area contributed by atoms with Gasteiger partial charge in [-0.3, -0.25) is 0 Å². The lowest BCUT2D eigenvalue weighted by atomic mass is 10.2. The first-order chi connectivity index (χ1) is 8.81. The second-order valence-corrected chi connectivity index (χ2v) is 4.81. The average Bonchev–Trinajstić information content (AvgIpc) is 2.87. The molecule has 0 aliphatic heterocycles. The predicted molar refractivity (Wildman–Crippen MR) is 75.5 cm³/mol. The Morgan fingerprint density at radius 1 is 1.11 bits per heavy atom. The van der Waals surface area contributed by atoms with Gasteiger partial charge in [0.15, 0.2) is 0 Å². The van der Waals surface area contributed by atoms with Gasteiger partial charge in [-0.15, -0.1) is 11.3 Å². The minimum absolute atomic E-state index is 0.575. The lowest BCUT2D eigenvalue weighted by Crippen LogP contribution is -2.04. The highest BCUT2D eigenvalue weighted by molar-refractivity contribution is 7.09. The summed E-state index contributed by atoms with van der Waals surface area (Å²) in [6.45, 7) is 3.16. The van der Waals surface area contributed by atoms with Crippen molar-refractivity contribution in [3.63, 3.8) is 0 Å². The minimum Gasteiger partial charge on any atom is -0.492 e. The lowest BCUT2D eigenvalue weighted by molar-refractivity contribution is 0.316. The van der Waals surface area contributed by atoms with E-state index in [9.17, 15) is 0 Å². The molecule has 0 atom stereocenters. The number of para-hydroxylation sites is 1. The third-order valence-electron chi connectivity index (χ3n) is 2.51. The van der Waals surface area contributed by atoms with Crippen LogP contribution in [0.5, 0.6) is 11.5 Å². The first-order valence-corrected chi connectivity index (χ1v) is 6.85. The maximum atomic E-state index is 5.98. The first-order valence-electron chi connectivity index (χ1n) is 5.97. The van der Waals surface area contributed by atoms with Crippen LogP contribution in [0, 0.1) is 0 Å². The zero-order valence-corrected chi connectivity index (χ0v) is 11.2. The van der Waals surface area contributed by atoms with Crippen LogP contribution < -0.4 is 15.2 Å². The smallest absolute Gasteiger partial charge is 0.146 e. The Bertz CT molecular complexity index is 483. The SMILES string of the molecule is CCOc1cccc(OCCc2cccs2)c1N. The third kappa shape index (κ3) is 3.17. The molecule has 0 amide bonds. The zero-order valence-electron chi connectivity index (χ0n) is 10.4. The van der Waals surface area contributed by atoms with Crippen LogP contribution in [0.4, 0.5) is 5.69 Å². The number of benzene rings is 1. The molecule has 1 aromatic heterocycles. The van der Waals surface area contributed by atoms with Gasteiger partial charge in [-0.2, -0.15) is 0 Å². The van der Waals surface area contributed by atoms with E-state index in [0.29, 0.717) is 30.4 Å². The van der Waals surface area contributed by atoms with E-state index in [1.165, 1.54) is 4.88 Å². The number of nitrogen functional groups attached to an aromatic ring is 1. The number of rotatable bonds is 6. The summed E-state index contributed by atoms with van der Waals surface area (Å²) in [6.07, 6.45) is 0.899. The standard InChI is InChI=1S/C14H17NO2S/c1-2-16-12-6-3-7-13(14(12)15)17-9-8-11-5-4-10-18-11/h3-7,10H,2,8-9,15H2,1H3. The van der Waals surface area contributed by atoms with E-state index in [1.807, 2.05) is 31.2 Å². The molecular formula is C14H17NO2S. The van der Waals surface area contributed by atoms with Crippen LogP contribution >= 0.6 is 11.3 Å². The minimum atomic E-state index is 0.575. The second kappa shape index (κ2) is 6.31. The van der Waals surface area contributed by atoms with Gasteiger partial charge < -0.3 is 15.2 Å². The van der Waals surface area contributed by atoms with E-state index in [0.717, 1.165) is 6.42 Å². The summed E-state index contributed by atoms with van der Waals surface area (Å²) in [5, 5.41) is 2.07. The molecule has 4 heteroatoms. The van der Waals surface area contributed by atoms with Crippen molar-refractivity contribution < 1.29 is 9.47 Å².